The van der Waals surface area contributed by atoms with Crippen LogP contribution in [0.15, 0.2) is 18.3 Å². The van der Waals surface area contributed by atoms with Crippen LogP contribution in [0.5, 0.6) is 0 Å². The van der Waals surface area contributed by atoms with Crippen molar-refractivity contribution in [1.82, 2.24) is 15.6 Å². The normalized spacial score (nSPS) is 21.0. The van der Waals surface area contributed by atoms with E-state index in [9.17, 15) is 9.59 Å². The summed E-state index contributed by atoms with van der Waals surface area (Å²) in [6.07, 6.45) is 1.85. The lowest BCUT2D eigenvalue weighted by molar-refractivity contribution is -0.149. The summed E-state index contributed by atoms with van der Waals surface area (Å²) in [6.45, 7) is 2.60. The number of carboxylic acid groups (broad SMARTS) is 1. The van der Waals surface area contributed by atoms with Gasteiger partial charge in [-0.25, -0.2) is 9.59 Å². The molecule has 114 valence electrons. The molecule has 1 aromatic rings. The van der Waals surface area contributed by atoms with Gasteiger partial charge in [0.15, 0.2) is 6.10 Å². The van der Waals surface area contributed by atoms with Crippen LogP contribution in [-0.4, -0.2) is 40.8 Å². The second kappa shape index (κ2) is 7.03. The lowest BCUT2D eigenvalue weighted by Gasteiger charge is -2.13. The van der Waals surface area contributed by atoms with Gasteiger partial charge in [0.2, 0.25) is 0 Å². The largest absolute Gasteiger partial charge is 0.479 e. The quantitative estimate of drug-likeness (QED) is 0.746. The van der Waals surface area contributed by atoms with Crippen LogP contribution in [0, 0.1) is 6.92 Å². The monoisotopic (exact) mass is 293 g/mol. The fourth-order valence-electron chi connectivity index (χ4n) is 2.09. The Balaban J connectivity index is 1.66. The van der Waals surface area contributed by atoms with Gasteiger partial charge in [-0.1, -0.05) is 6.07 Å². The van der Waals surface area contributed by atoms with Crippen molar-refractivity contribution in [3.05, 3.63) is 29.6 Å². The molecule has 0 saturated carbocycles. The predicted molar refractivity (Wildman–Crippen MR) is 74.7 cm³/mol. The zero-order valence-electron chi connectivity index (χ0n) is 11.8. The first-order valence-electron chi connectivity index (χ1n) is 6.86. The van der Waals surface area contributed by atoms with Crippen molar-refractivity contribution in [2.45, 2.75) is 38.5 Å². The Labute approximate surface area is 122 Å². The molecule has 2 unspecified atom stereocenters. The molecular formula is C14H19N3O4. The Bertz CT molecular complexity index is 503. The Morgan fingerprint density at radius 3 is 2.81 bits per heavy atom. The van der Waals surface area contributed by atoms with E-state index in [1.54, 1.807) is 6.20 Å². The number of hydrogen-bond acceptors (Lipinski definition) is 4. The lowest BCUT2D eigenvalue weighted by Crippen LogP contribution is -2.39. The molecule has 0 aliphatic carbocycles. The van der Waals surface area contributed by atoms with Crippen molar-refractivity contribution in [1.29, 1.82) is 0 Å². The number of hydrogen-bond donors (Lipinski definition) is 3. The van der Waals surface area contributed by atoms with E-state index in [4.69, 9.17) is 9.84 Å². The van der Waals surface area contributed by atoms with Gasteiger partial charge in [-0.2, -0.15) is 0 Å². The molecule has 2 atom stereocenters. The number of carboxylic acids is 1. The molecular weight excluding hydrogens is 274 g/mol. The molecule has 3 N–H and O–H groups in total. The first kappa shape index (κ1) is 15.2. The van der Waals surface area contributed by atoms with Crippen molar-refractivity contribution in [3.63, 3.8) is 0 Å². The smallest absolute Gasteiger partial charge is 0.332 e. The minimum atomic E-state index is -0.950. The van der Waals surface area contributed by atoms with Gasteiger partial charge in [-0.05, 0) is 31.4 Å². The van der Waals surface area contributed by atoms with Gasteiger partial charge in [0, 0.05) is 25.0 Å². The summed E-state index contributed by atoms with van der Waals surface area (Å²) in [5.41, 5.74) is 1.84. The highest BCUT2D eigenvalue weighted by atomic mass is 16.5. The zero-order chi connectivity index (χ0) is 15.2. The maximum Gasteiger partial charge on any atom is 0.332 e. The van der Waals surface area contributed by atoms with E-state index in [1.807, 2.05) is 19.1 Å². The highest BCUT2D eigenvalue weighted by molar-refractivity contribution is 5.74. The van der Waals surface area contributed by atoms with E-state index < -0.39 is 12.1 Å². The van der Waals surface area contributed by atoms with Crippen LogP contribution >= 0.6 is 0 Å². The third-order valence-corrected chi connectivity index (χ3v) is 3.30. The number of aryl methyl sites for hydroxylation is 1. The summed E-state index contributed by atoms with van der Waals surface area (Å²) >= 11 is 0. The van der Waals surface area contributed by atoms with Crippen LogP contribution in [0.2, 0.25) is 0 Å². The number of nitrogens with one attached hydrogen (secondary N) is 2. The summed E-state index contributed by atoms with van der Waals surface area (Å²) < 4.78 is 5.30. The topological polar surface area (TPSA) is 101 Å². The summed E-state index contributed by atoms with van der Waals surface area (Å²) in [5.74, 6) is -0.950. The number of pyridine rings is 1. The Morgan fingerprint density at radius 1 is 1.38 bits per heavy atom. The van der Waals surface area contributed by atoms with Crippen molar-refractivity contribution in [2.75, 3.05) is 6.54 Å². The van der Waals surface area contributed by atoms with Gasteiger partial charge in [0.1, 0.15) is 0 Å². The molecule has 2 rings (SSSR count). The van der Waals surface area contributed by atoms with Gasteiger partial charge in [0.05, 0.1) is 6.10 Å². The number of nitrogens with zero attached hydrogens (tertiary/aromatic N) is 1. The number of rotatable bonds is 5. The molecule has 0 spiro atoms. The SMILES string of the molecule is Cc1ccc(CNC(=O)NCC2CCC(C(=O)O)O2)cn1. The standard InChI is InChI=1S/C14H19N3O4/c1-9-2-3-10(6-15-9)7-16-14(20)17-8-11-4-5-12(21-11)13(18)19/h2-3,6,11-12H,4-5,7-8H2,1H3,(H,18,19)(H2,16,17,20). The van der Waals surface area contributed by atoms with Gasteiger partial charge >= 0.3 is 12.0 Å². The zero-order valence-corrected chi connectivity index (χ0v) is 11.8. The van der Waals surface area contributed by atoms with Gasteiger partial charge < -0.3 is 20.5 Å². The van der Waals surface area contributed by atoms with Gasteiger partial charge in [-0.15, -0.1) is 0 Å². The number of carbonyl (C=O) groups excluding carboxylic acids is 1. The van der Waals surface area contributed by atoms with Crippen LogP contribution in [0.1, 0.15) is 24.1 Å². The van der Waals surface area contributed by atoms with Crippen molar-refractivity contribution in [2.24, 2.45) is 0 Å². The van der Waals surface area contributed by atoms with Gasteiger partial charge in [0.25, 0.3) is 0 Å². The molecule has 0 bridgehead atoms. The molecule has 1 fully saturated rings. The second-order valence-corrected chi connectivity index (χ2v) is 5.03. The van der Waals surface area contributed by atoms with E-state index in [1.165, 1.54) is 0 Å². The molecule has 1 aromatic heterocycles. The fourth-order valence-corrected chi connectivity index (χ4v) is 2.09. The summed E-state index contributed by atoms with van der Waals surface area (Å²) in [7, 11) is 0. The Morgan fingerprint density at radius 2 is 2.19 bits per heavy atom. The molecule has 1 aliphatic rings. The van der Waals surface area contributed by atoms with E-state index in [0.717, 1.165) is 11.3 Å². The van der Waals surface area contributed by atoms with E-state index in [2.05, 4.69) is 15.6 Å². The number of carbonyl (C=O) groups is 2. The van der Waals surface area contributed by atoms with Gasteiger partial charge in [-0.3, -0.25) is 4.98 Å². The van der Waals surface area contributed by atoms with Crippen LogP contribution in [0.3, 0.4) is 0 Å². The number of ether oxygens (including phenoxy) is 1. The maximum atomic E-state index is 11.6. The Hall–Kier alpha value is -2.15. The average molecular weight is 293 g/mol. The molecule has 21 heavy (non-hydrogen) atoms. The number of urea groups is 1. The molecule has 0 aromatic carbocycles. The minimum Gasteiger partial charge on any atom is -0.479 e. The molecule has 2 heterocycles. The van der Waals surface area contributed by atoms with Crippen molar-refractivity contribution in [3.8, 4) is 0 Å². The molecule has 0 radical (unpaired) electrons. The van der Waals surface area contributed by atoms with Crippen molar-refractivity contribution >= 4 is 12.0 Å². The number of amides is 2. The van der Waals surface area contributed by atoms with Crippen LogP contribution < -0.4 is 10.6 Å². The first-order chi connectivity index (χ1) is 10.0. The lowest BCUT2D eigenvalue weighted by atomic mass is 10.2. The highest BCUT2D eigenvalue weighted by Crippen LogP contribution is 2.19. The average Bonchev–Trinajstić information content (AvgIpc) is 2.93. The summed E-state index contributed by atoms with van der Waals surface area (Å²) in [4.78, 5) is 26.5. The molecule has 2 amide bonds. The fraction of sp³-hybridized carbons (Fsp3) is 0.500. The summed E-state index contributed by atoms with van der Waals surface area (Å²) in [6, 6.07) is 3.48. The third-order valence-electron chi connectivity index (χ3n) is 3.30. The number of aromatic nitrogens is 1. The Kier molecular flexibility index (Phi) is 5.10. The van der Waals surface area contributed by atoms with Crippen molar-refractivity contribution < 1.29 is 19.4 Å². The van der Waals surface area contributed by atoms with E-state index in [0.29, 0.717) is 25.9 Å². The molecule has 7 heteroatoms. The second-order valence-electron chi connectivity index (χ2n) is 5.03. The van der Waals surface area contributed by atoms with E-state index in [-0.39, 0.29) is 12.1 Å². The van der Waals surface area contributed by atoms with Crippen LogP contribution in [0.25, 0.3) is 0 Å². The number of aliphatic carboxylic acids is 1. The molecule has 7 nitrogen and oxygen atoms in total. The first-order valence-corrected chi connectivity index (χ1v) is 6.86. The highest BCUT2D eigenvalue weighted by Gasteiger charge is 2.30. The van der Waals surface area contributed by atoms with E-state index >= 15 is 0 Å². The maximum absolute atomic E-state index is 11.6. The summed E-state index contributed by atoms with van der Waals surface area (Å²) in [5, 5.41) is 14.2. The van der Waals surface area contributed by atoms with Crippen LogP contribution in [-0.2, 0) is 16.1 Å². The molecule has 1 aliphatic heterocycles. The van der Waals surface area contributed by atoms with Crippen LogP contribution in [0.4, 0.5) is 4.79 Å². The predicted octanol–water partition coefficient (Wildman–Crippen LogP) is 0.821. The third kappa shape index (κ3) is 4.71. The minimum absolute atomic E-state index is 0.238. The molecule has 1 saturated heterocycles.